The Hall–Kier alpha value is -0.990. The summed E-state index contributed by atoms with van der Waals surface area (Å²) in [6, 6.07) is 7.46. The average molecular weight is 251 g/mol. The molecule has 2 aromatic rings. The summed E-state index contributed by atoms with van der Waals surface area (Å²) in [6.45, 7) is 0. The van der Waals surface area contributed by atoms with Crippen LogP contribution in [0, 0.1) is 0 Å². The number of aliphatic hydroxyl groups is 1. The van der Waals surface area contributed by atoms with Gasteiger partial charge in [0, 0.05) is 10.4 Å². The van der Waals surface area contributed by atoms with Crippen molar-refractivity contribution in [3.05, 3.63) is 35.0 Å². The van der Waals surface area contributed by atoms with Gasteiger partial charge in [-0.3, -0.25) is 0 Å². The number of hydrogen-bond donors (Lipinski definition) is 1. The van der Waals surface area contributed by atoms with Crippen LogP contribution in [0.1, 0.15) is 37.9 Å². The first-order valence-corrected chi connectivity index (χ1v) is 6.47. The number of hydrogen-bond acceptors (Lipinski definition) is 2. The third-order valence-corrected chi connectivity index (χ3v) is 3.85. The molecular formula is C14H15ClO2. The van der Waals surface area contributed by atoms with Crippen molar-refractivity contribution < 1.29 is 9.52 Å². The van der Waals surface area contributed by atoms with Crippen LogP contribution in [-0.4, -0.2) is 5.11 Å². The van der Waals surface area contributed by atoms with Gasteiger partial charge in [0.25, 0.3) is 0 Å². The average Bonchev–Trinajstić information content (AvgIpc) is 2.73. The second-order valence-corrected chi connectivity index (χ2v) is 5.32. The fourth-order valence-electron chi connectivity index (χ4n) is 2.63. The van der Waals surface area contributed by atoms with E-state index >= 15 is 0 Å². The van der Waals surface area contributed by atoms with Crippen molar-refractivity contribution in [2.75, 3.05) is 0 Å². The lowest BCUT2D eigenvalue weighted by atomic mass is 9.83. The summed E-state index contributed by atoms with van der Waals surface area (Å²) in [4.78, 5) is 0. The fraction of sp³-hybridized carbons (Fsp3) is 0.429. The third kappa shape index (κ3) is 1.96. The maximum absolute atomic E-state index is 10.6. The summed E-state index contributed by atoms with van der Waals surface area (Å²) in [6.07, 6.45) is 4.91. The van der Waals surface area contributed by atoms with Crippen LogP contribution in [0.25, 0.3) is 11.0 Å². The molecule has 1 N–H and O–H groups in total. The molecule has 1 fully saturated rings. The summed E-state index contributed by atoms with van der Waals surface area (Å²) >= 11 is 5.94. The van der Waals surface area contributed by atoms with E-state index in [0.717, 1.165) is 36.7 Å². The molecule has 0 radical (unpaired) electrons. The molecule has 0 spiro atoms. The lowest BCUT2D eigenvalue weighted by Crippen LogP contribution is -2.27. The van der Waals surface area contributed by atoms with Crippen LogP contribution < -0.4 is 0 Å². The minimum Gasteiger partial charge on any atom is -0.458 e. The Morgan fingerprint density at radius 1 is 1.12 bits per heavy atom. The predicted octanol–water partition coefficient (Wildman–Crippen LogP) is 4.24. The first-order chi connectivity index (χ1) is 8.17. The summed E-state index contributed by atoms with van der Waals surface area (Å²) in [5, 5.41) is 12.2. The van der Waals surface area contributed by atoms with Gasteiger partial charge in [-0.25, -0.2) is 0 Å². The van der Waals surface area contributed by atoms with E-state index in [0.29, 0.717) is 10.8 Å². The van der Waals surface area contributed by atoms with Gasteiger partial charge < -0.3 is 9.52 Å². The van der Waals surface area contributed by atoms with E-state index in [1.807, 2.05) is 24.3 Å². The van der Waals surface area contributed by atoms with Crippen molar-refractivity contribution in [3.8, 4) is 0 Å². The van der Waals surface area contributed by atoms with Crippen molar-refractivity contribution in [2.45, 2.75) is 37.7 Å². The van der Waals surface area contributed by atoms with Crippen molar-refractivity contribution in [2.24, 2.45) is 0 Å². The van der Waals surface area contributed by atoms with E-state index in [2.05, 4.69) is 0 Å². The number of furan rings is 1. The molecule has 1 aromatic carbocycles. The molecule has 1 heterocycles. The van der Waals surface area contributed by atoms with Crippen molar-refractivity contribution >= 4 is 22.6 Å². The van der Waals surface area contributed by atoms with E-state index in [4.69, 9.17) is 16.0 Å². The van der Waals surface area contributed by atoms with Crippen molar-refractivity contribution in [1.82, 2.24) is 0 Å². The zero-order valence-electron chi connectivity index (χ0n) is 9.58. The number of fused-ring (bicyclic) bond motifs is 1. The number of benzene rings is 1. The quantitative estimate of drug-likeness (QED) is 0.821. The lowest BCUT2D eigenvalue weighted by Gasteiger charge is -2.29. The Bertz CT molecular complexity index is 538. The molecule has 0 unspecified atom stereocenters. The van der Waals surface area contributed by atoms with Gasteiger partial charge >= 0.3 is 0 Å². The number of rotatable bonds is 1. The molecule has 1 saturated carbocycles. The molecule has 0 amide bonds. The molecule has 0 aliphatic heterocycles. The van der Waals surface area contributed by atoms with Crippen LogP contribution in [0.3, 0.4) is 0 Å². The molecular weight excluding hydrogens is 236 g/mol. The smallest absolute Gasteiger partial charge is 0.136 e. The van der Waals surface area contributed by atoms with Gasteiger partial charge in [-0.15, -0.1) is 0 Å². The Kier molecular flexibility index (Phi) is 2.64. The normalized spacial score (nSPS) is 19.6. The number of halogens is 1. The minimum atomic E-state index is -0.774. The van der Waals surface area contributed by atoms with Gasteiger partial charge in [0.1, 0.15) is 16.9 Å². The topological polar surface area (TPSA) is 33.4 Å². The first kappa shape index (κ1) is 11.1. The Morgan fingerprint density at radius 2 is 1.88 bits per heavy atom. The van der Waals surface area contributed by atoms with Crippen LogP contribution in [0.2, 0.25) is 5.02 Å². The van der Waals surface area contributed by atoms with E-state index < -0.39 is 5.60 Å². The molecule has 0 bridgehead atoms. The van der Waals surface area contributed by atoms with E-state index in [-0.39, 0.29) is 0 Å². The van der Waals surface area contributed by atoms with Crippen LogP contribution in [0.5, 0.6) is 0 Å². The SMILES string of the molecule is OC1(c2cc3cc(Cl)ccc3o2)CCCCC1. The third-order valence-electron chi connectivity index (χ3n) is 3.62. The molecule has 0 saturated heterocycles. The molecule has 0 atom stereocenters. The van der Waals surface area contributed by atoms with Crippen LogP contribution in [0.15, 0.2) is 28.7 Å². The van der Waals surface area contributed by atoms with Crippen molar-refractivity contribution in [1.29, 1.82) is 0 Å². The van der Waals surface area contributed by atoms with Gasteiger partial charge in [0.15, 0.2) is 0 Å². The summed E-state index contributed by atoms with van der Waals surface area (Å²) in [7, 11) is 0. The maximum atomic E-state index is 10.6. The highest BCUT2D eigenvalue weighted by molar-refractivity contribution is 6.31. The zero-order chi connectivity index (χ0) is 11.9. The lowest BCUT2D eigenvalue weighted by molar-refractivity contribution is -0.0186. The summed E-state index contributed by atoms with van der Waals surface area (Å²) in [5.41, 5.74) is 0.0208. The van der Waals surface area contributed by atoms with E-state index in [9.17, 15) is 5.11 Å². The summed E-state index contributed by atoms with van der Waals surface area (Å²) < 4.78 is 5.76. The molecule has 1 aliphatic carbocycles. The summed E-state index contributed by atoms with van der Waals surface area (Å²) in [5.74, 6) is 0.689. The highest BCUT2D eigenvalue weighted by Crippen LogP contribution is 2.39. The van der Waals surface area contributed by atoms with Gasteiger partial charge in [-0.1, -0.05) is 30.9 Å². The van der Waals surface area contributed by atoms with Crippen LogP contribution in [0.4, 0.5) is 0 Å². The standard InChI is InChI=1S/C14H15ClO2/c15-11-4-5-12-10(8-11)9-13(17-12)14(16)6-2-1-3-7-14/h4-5,8-9,16H,1-3,6-7H2. The highest BCUT2D eigenvalue weighted by Gasteiger charge is 2.34. The van der Waals surface area contributed by atoms with Gasteiger partial charge in [0.2, 0.25) is 0 Å². The molecule has 3 heteroatoms. The monoisotopic (exact) mass is 250 g/mol. The highest BCUT2D eigenvalue weighted by atomic mass is 35.5. The molecule has 3 rings (SSSR count). The zero-order valence-corrected chi connectivity index (χ0v) is 10.3. The van der Waals surface area contributed by atoms with Gasteiger partial charge in [0.05, 0.1) is 0 Å². The Labute approximate surface area is 105 Å². The second kappa shape index (κ2) is 4.04. The largest absolute Gasteiger partial charge is 0.458 e. The van der Waals surface area contributed by atoms with E-state index in [1.165, 1.54) is 6.42 Å². The van der Waals surface area contributed by atoms with Gasteiger partial charge in [-0.2, -0.15) is 0 Å². The van der Waals surface area contributed by atoms with Crippen LogP contribution in [-0.2, 0) is 5.60 Å². The van der Waals surface area contributed by atoms with Crippen molar-refractivity contribution in [3.63, 3.8) is 0 Å². The van der Waals surface area contributed by atoms with Gasteiger partial charge in [-0.05, 0) is 37.1 Å². The second-order valence-electron chi connectivity index (χ2n) is 4.89. The molecule has 2 nitrogen and oxygen atoms in total. The van der Waals surface area contributed by atoms with E-state index in [1.54, 1.807) is 0 Å². The maximum Gasteiger partial charge on any atom is 0.136 e. The Morgan fingerprint density at radius 3 is 2.65 bits per heavy atom. The molecule has 90 valence electrons. The molecule has 17 heavy (non-hydrogen) atoms. The fourth-order valence-corrected chi connectivity index (χ4v) is 2.81. The molecule has 1 aliphatic rings. The first-order valence-electron chi connectivity index (χ1n) is 6.09. The minimum absolute atomic E-state index is 0.689. The van der Waals surface area contributed by atoms with Crippen LogP contribution >= 0.6 is 11.6 Å². The molecule has 1 aromatic heterocycles. The predicted molar refractivity (Wildman–Crippen MR) is 68.2 cm³/mol. The Balaban J connectivity index is 2.05.